The van der Waals surface area contributed by atoms with E-state index < -0.39 is 5.60 Å². The molecule has 0 saturated carbocycles. The summed E-state index contributed by atoms with van der Waals surface area (Å²) in [6.45, 7) is 5.66. The van der Waals surface area contributed by atoms with Crippen LogP contribution in [0.5, 0.6) is 5.75 Å². The number of rotatable bonds is 8. The van der Waals surface area contributed by atoms with Crippen LogP contribution in [-0.2, 0) is 9.53 Å². The Kier molecular flexibility index (Phi) is 8.06. The van der Waals surface area contributed by atoms with Crippen LogP contribution >= 0.6 is 11.6 Å². The normalized spacial score (nSPS) is 11.7. The third-order valence-electron chi connectivity index (χ3n) is 4.01. The summed E-state index contributed by atoms with van der Waals surface area (Å²) < 4.78 is 5.30. The zero-order valence-electron chi connectivity index (χ0n) is 16.7. The van der Waals surface area contributed by atoms with Crippen LogP contribution < -0.4 is 0 Å². The van der Waals surface area contributed by atoms with Crippen molar-refractivity contribution in [2.75, 3.05) is 0 Å². The van der Waals surface area contributed by atoms with Gasteiger partial charge in [0.15, 0.2) is 0 Å². The van der Waals surface area contributed by atoms with Crippen LogP contribution in [0.1, 0.15) is 58.4 Å². The summed E-state index contributed by atoms with van der Waals surface area (Å²) in [7, 11) is 0. The maximum atomic E-state index is 11.6. The number of carbonyl (C=O) groups is 1. The third-order valence-corrected chi connectivity index (χ3v) is 4.31. The molecule has 1 heterocycles. The van der Waals surface area contributed by atoms with Crippen molar-refractivity contribution in [3.63, 3.8) is 0 Å². The number of phenols is 1. The molecule has 0 unspecified atom stereocenters. The predicted molar refractivity (Wildman–Crippen MR) is 114 cm³/mol. The minimum absolute atomic E-state index is 0.0658. The summed E-state index contributed by atoms with van der Waals surface area (Å²) in [6.07, 6.45) is 10.3. The van der Waals surface area contributed by atoms with Gasteiger partial charge in [0.05, 0.1) is 10.7 Å². The van der Waals surface area contributed by atoms with Gasteiger partial charge in [0.1, 0.15) is 11.4 Å². The van der Waals surface area contributed by atoms with E-state index in [1.807, 2.05) is 39.1 Å². The van der Waals surface area contributed by atoms with Gasteiger partial charge in [0.2, 0.25) is 0 Å². The van der Waals surface area contributed by atoms with Gasteiger partial charge in [0.25, 0.3) is 0 Å². The molecule has 0 aliphatic carbocycles. The topological polar surface area (TPSA) is 59.4 Å². The Bertz CT molecular complexity index is 808. The molecule has 0 atom stereocenters. The number of nitrogens with zero attached hydrogens (tertiary/aromatic N) is 1. The number of aromatic nitrogens is 1. The molecule has 0 fully saturated rings. The number of phenolic OH excluding ortho intramolecular Hbond substituents is 1. The van der Waals surface area contributed by atoms with Crippen LogP contribution in [0.2, 0.25) is 5.02 Å². The molecule has 1 N–H and O–H groups in total. The molecule has 4 nitrogen and oxygen atoms in total. The van der Waals surface area contributed by atoms with Crippen LogP contribution in [-0.4, -0.2) is 21.7 Å². The summed E-state index contributed by atoms with van der Waals surface area (Å²) in [5.74, 6) is -0.0554. The van der Waals surface area contributed by atoms with Gasteiger partial charge in [-0.3, -0.25) is 9.78 Å². The number of carbonyl (C=O) groups excluding carboxylic acids is 1. The predicted octanol–water partition coefficient (Wildman–Crippen LogP) is 6.41. The van der Waals surface area contributed by atoms with Gasteiger partial charge in [-0.1, -0.05) is 36.2 Å². The second-order valence-corrected chi connectivity index (χ2v) is 8.14. The smallest absolute Gasteiger partial charge is 0.306 e. The lowest BCUT2D eigenvalue weighted by molar-refractivity contribution is -0.154. The summed E-state index contributed by atoms with van der Waals surface area (Å²) >= 11 is 5.95. The average molecular weight is 402 g/mol. The Morgan fingerprint density at radius 2 is 1.96 bits per heavy atom. The molecule has 1 aromatic carbocycles. The number of esters is 1. The minimum atomic E-state index is -0.405. The fraction of sp³-hybridized carbons (Fsp3) is 0.391. The molecule has 0 bridgehead atoms. The van der Waals surface area contributed by atoms with Gasteiger partial charge >= 0.3 is 5.97 Å². The Morgan fingerprint density at radius 1 is 1.18 bits per heavy atom. The number of allylic oxidation sites excluding steroid dienone is 1. The van der Waals surface area contributed by atoms with E-state index in [0.717, 1.165) is 42.5 Å². The molecule has 0 saturated heterocycles. The lowest BCUT2D eigenvalue weighted by Gasteiger charge is -2.19. The van der Waals surface area contributed by atoms with E-state index in [4.69, 9.17) is 16.3 Å². The molecule has 150 valence electrons. The van der Waals surface area contributed by atoms with Crippen molar-refractivity contribution >= 4 is 23.6 Å². The molecule has 2 aromatic rings. The number of hydrogen-bond donors (Lipinski definition) is 1. The molecule has 1 aromatic heterocycles. The molecule has 5 heteroatoms. The van der Waals surface area contributed by atoms with Crippen molar-refractivity contribution in [1.29, 1.82) is 0 Å². The number of benzene rings is 1. The summed E-state index contributed by atoms with van der Waals surface area (Å²) in [5.41, 5.74) is 2.30. The van der Waals surface area contributed by atoms with Gasteiger partial charge in [-0.05, 0) is 69.9 Å². The standard InChI is InChI=1S/C23H28ClNO3/c1-23(2,3)28-22(27)10-8-6-4-5-7-9-17-11-13-20(25-16-17)18-12-14-21(26)19(24)15-18/h7,9,11-16,26H,4-6,8,10H2,1-3H3. The second-order valence-electron chi connectivity index (χ2n) is 7.73. The minimum Gasteiger partial charge on any atom is -0.506 e. The van der Waals surface area contributed by atoms with E-state index >= 15 is 0 Å². The quantitative estimate of drug-likeness (QED) is 0.410. The van der Waals surface area contributed by atoms with Crippen molar-refractivity contribution in [1.82, 2.24) is 4.98 Å². The van der Waals surface area contributed by atoms with Crippen LogP contribution in [0, 0.1) is 0 Å². The van der Waals surface area contributed by atoms with Gasteiger partial charge in [0, 0.05) is 18.2 Å². The molecular formula is C23H28ClNO3. The Balaban J connectivity index is 1.72. The fourth-order valence-corrected chi connectivity index (χ4v) is 2.84. The highest BCUT2D eigenvalue weighted by Crippen LogP contribution is 2.28. The Morgan fingerprint density at radius 3 is 2.61 bits per heavy atom. The average Bonchev–Trinajstić information content (AvgIpc) is 2.62. The molecular weight excluding hydrogens is 374 g/mol. The van der Waals surface area contributed by atoms with Crippen LogP contribution in [0.25, 0.3) is 17.3 Å². The second kappa shape index (κ2) is 10.3. The van der Waals surface area contributed by atoms with Gasteiger partial charge in [-0.25, -0.2) is 0 Å². The number of pyridine rings is 1. The summed E-state index contributed by atoms with van der Waals surface area (Å²) in [6, 6.07) is 8.99. The molecule has 2 rings (SSSR count). The molecule has 28 heavy (non-hydrogen) atoms. The third kappa shape index (κ3) is 7.73. The lowest BCUT2D eigenvalue weighted by Crippen LogP contribution is -2.23. The first-order valence-corrected chi connectivity index (χ1v) is 9.96. The molecule has 0 amide bonds. The van der Waals surface area contributed by atoms with Crippen molar-refractivity contribution in [3.05, 3.63) is 53.2 Å². The van der Waals surface area contributed by atoms with Gasteiger partial charge < -0.3 is 9.84 Å². The van der Waals surface area contributed by atoms with Gasteiger partial charge in [-0.15, -0.1) is 0 Å². The SMILES string of the molecule is CC(C)(C)OC(=O)CCCCCC=Cc1ccc(-c2ccc(O)c(Cl)c2)nc1. The first kappa shape index (κ1) is 22.0. The van der Waals surface area contributed by atoms with E-state index in [9.17, 15) is 9.90 Å². The monoisotopic (exact) mass is 401 g/mol. The highest BCUT2D eigenvalue weighted by molar-refractivity contribution is 6.32. The van der Waals surface area contributed by atoms with E-state index in [2.05, 4.69) is 17.1 Å². The van der Waals surface area contributed by atoms with E-state index in [-0.39, 0.29) is 11.7 Å². The number of unbranched alkanes of at least 4 members (excludes halogenated alkanes) is 3. The summed E-state index contributed by atoms with van der Waals surface area (Å²) in [4.78, 5) is 16.1. The van der Waals surface area contributed by atoms with E-state index in [1.165, 1.54) is 0 Å². The van der Waals surface area contributed by atoms with E-state index in [1.54, 1.807) is 18.2 Å². The number of aromatic hydroxyl groups is 1. The largest absolute Gasteiger partial charge is 0.506 e. The highest BCUT2D eigenvalue weighted by atomic mass is 35.5. The first-order valence-electron chi connectivity index (χ1n) is 9.58. The molecule has 0 radical (unpaired) electrons. The fourth-order valence-electron chi connectivity index (χ4n) is 2.66. The van der Waals surface area contributed by atoms with Crippen molar-refractivity contribution in [3.8, 4) is 17.0 Å². The molecule has 0 aliphatic heterocycles. The maximum Gasteiger partial charge on any atom is 0.306 e. The van der Waals surface area contributed by atoms with Crippen LogP contribution in [0.15, 0.2) is 42.6 Å². The zero-order valence-corrected chi connectivity index (χ0v) is 17.5. The van der Waals surface area contributed by atoms with Crippen molar-refractivity contribution < 1.29 is 14.6 Å². The first-order chi connectivity index (χ1) is 13.2. The molecule has 0 aliphatic rings. The van der Waals surface area contributed by atoms with E-state index in [0.29, 0.717) is 11.4 Å². The zero-order chi connectivity index (χ0) is 20.6. The van der Waals surface area contributed by atoms with Crippen LogP contribution in [0.3, 0.4) is 0 Å². The van der Waals surface area contributed by atoms with Gasteiger partial charge in [-0.2, -0.15) is 0 Å². The molecule has 0 spiro atoms. The summed E-state index contributed by atoms with van der Waals surface area (Å²) in [5, 5.41) is 9.81. The van der Waals surface area contributed by atoms with Crippen molar-refractivity contribution in [2.24, 2.45) is 0 Å². The highest BCUT2D eigenvalue weighted by Gasteiger charge is 2.15. The van der Waals surface area contributed by atoms with Crippen molar-refractivity contribution in [2.45, 2.75) is 58.5 Å². The van der Waals surface area contributed by atoms with Crippen LogP contribution in [0.4, 0.5) is 0 Å². The maximum absolute atomic E-state index is 11.6. The number of ether oxygens (including phenoxy) is 1. The number of hydrogen-bond acceptors (Lipinski definition) is 4. The Hall–Kier alpha value is -2.33. The number of halogens is 1. The lowest BCUT2D eigenvalue weighted by atomic mass is 10.1. The Labute approximate surface area is 172 Å².